The van der Waals surface area contributed by atoms with Crippen LogP contribution in [0, 0.1) is 0 Å². The highest BCUT2D eigenvalue weighted by atomic mass is 79.9. The summed E-state index contributed by atoms with van der Waals surface area (Å²) in [4.78, 5) is 4.58. The first-order chi connectivity index (χ1) is 9.67. The molecule has 4 nitrogen and oxygen atoms in total. The number of rotatable bonds is 4. The van der Waals surface area contributed by atoms with E-state index in [9.17, 15) is 0 Å². The third-order valence-corrected chi connectivity index (χ3v) is 4.00. The minimum Gasteiger partial charge on any atom is -0.327 e. The van der Waals surface area contributed by atoms with Crippen molar-refractivity contribution in [2.45, 2.75) is 18.8 Å². The summed E-state index contributed by atoms with van der Waals surface area (Å²) < 4.78 is 5.02. The maximum atomic E-state index is 6.01. The zero-order chi connectivity index (χ0) is 14.1. The molecular formula is C14H14BrClN4. The quantitative estimate of drug-likeness (QED) is 0.673. The average Bonchev–Trinajstić information content (AvgIpc) is 2.99. The van der Waals surface area contributed by atoms with Gasteiger partial charge in [-0.2, -0.15) is 5.10 Å². The molecule has 0 aliphatic rings. The molecule has 0 N–H and O–H groups in total. The number of aromatic nitrogens is 4. The van der Waals surface area contributed by atoms with Gasteiger partial charge in [-0.15, -0.1) is 11.6 Å². The summed E-state index contributed by atoms with van der Waals surface area (Å²) in [7, 11) is 1.93. The van der Waals surface area contributed by atoms with E-state index in [4.69, 9.17) is 11.6 Å². The molecule has 6 heteroatoms. The molecule has 0 atom stereocenters. The van der Waals surface area contributed by atoms with Crippen LogP contribution in [0.25, 0.3) is 11.0 Å². The molecule has 0 saturated carbocycles. The van der Waals surface area contributed by atoms with E-state index >= 15 is 0 Å². The first-order valence-corrected chi connectivity index (χ1v) is 7.69. The maximum absolute atomic E-state index is 6.01. The number of halogens is 2. The van der Waals surface area contributed by atoms with E-state index in [0.29, 0.717) is 5.88 Å². The van der Waals surface area contributed by atoms with Crippen LogP contribution in [0.4, 0.5) is 0 Å². The summed E-state index contributed by atoms with van der Waals surface area (Å²) in [6.07, 6.45) is 2.83. The Morgan fingerprint density at radius 3 is 2.85 bits per heavy atom. The SMILES string of the molecule is Cn1ccc(CCn2c(CCl)nc3cc(Br)ccc32)n1. The van der Waals surface area contributed by atoms with Gasteiger partial charge in [0.25, 0.3) is 0 Å². The van der Waals surface area contributed by atoms with Gasteiger partial charge in [-0.1, -0.05) is 15.9 Å². The Kier molecular flexibility index (Phi) is 3.81. The lowest BCUT2D eigenvalue weighted by Gasteiger charge is -2.06. The second kappa shape index (κ2) is 5.58. The number of imidazole rings is 1. The predicted molar refractivity (Wildman–Crippen MR) is 83.9 cm³/mol. The molecule has 3 aromatic rings. The third kappa shape index (κ3) is 2.60. The number of aryl methyl sites for hydroxylation is 3. The van der Waals surface area contributed by atoms with Crippen molar-refractivity contribution < 1.29 is 0 Å². The summed E-state index contributed by atoms with van der Waals surface area (Å²) in [5, 5.41) is 4.40. The summed E-state index contributed by atoms with van der Waals surface area (Å²) >= 11 is 9.49. The van der Waals surface area contributed by atoms with Crippen LogP contribution in [0.5, 0.6) is 0 Å². The Morgan fingerprint density at radius 1 is 1.30 bits per heavy atom. The van der Waals surface area contributed by atoms with Gasteiger partial charge in [-0.25, -0.2) is 4.98 Å². The van der Waals surface area contributed by atoms with Gasteiger partial charge < -0.3 is 4.57 Å². The Hall–Kier alpha value is -1.33. The first-order valence-electron chi connectivity index (χ1n) is 6.36. The fraction of sp³-hybridized carbons (Fsp3) is 0.286. The van der Waals surface area contributed by atoms with E-state index in [1.165, 1.54) is 0 Å². The monoisotopic (exact) mass is 352 g/mol. The molecule has 0 radical (unpaired) electrons. The van der Waals surface area contributed by atoms with Crippen molar-refractivity contribution >= 4 is 38.6 Å². The van der Waals surface area contributed by atoms with Crippen molar-refractivity contribution in [1.82, 2.24) is 19.3 Å². The van der Waals surface area contributed by atoms with E-state index in [1.807, 2.05) is 36.1 Å². The molecule has 1 aromatic carbocycles. The van der Waals surface area contributed by atoms with E-state index in [0.717, 1.165) is 40.0 Å². The molecule has 0 amide bonds. The van der Waals surface area contributed by atoms with Crippen LogP contribution in [-0.4, -0.2) is 19.3 Å². The predicted octanol–water partition coefficient (Wildman–Crippen LogP) is 3.51. The van der Waals surface area contributed by atoms with Gasteiger partial charge >= 0.3 is 0 Å². The second-order valence-corrected chi connectivity index (χ2v) is 5.86. The molecule has 0 unspecified atom stereocenters. The number of alkyl halides is 1. The molecule has 0 saturated heterocycles. The number of fused-ring (bicyclic) bond motifs is 1. The molecule has 2 heterocycles. The third-order valence-electron chi connectivity index (χ3n) is 3.27. The largest absolute Gasteiger partial charge is 0.327 e. The maximum Gasteiger partial charge on any atom is 0.124 e. The summed E-state index contributed by atoms with van der Waals surface area (Å²) in [6, 6.07) is 8.15. The molecule has 3 rings (SSSR count). The smallest absolute Gasteiger partial charge is 0.124 e. The van der Waals surface area contributed by atoms with Gasteiger partial charge in [0.2, 0.25) is 0 Å². The average molecular weight is 354 g/mol. The van der Waals surface area contributed by atoms with Crippen molar-refractivity contribution in [2.24, 2.45) is 7.05 Å². The Morgan fingerprint density at radius 2 is 2.15 bits per heavy atom. The fourth-order valence-electron chi connectivity index (χ4n) is 2.33. The molecule has 20 heavy (non-hydrogen) atoms. The van der Waals surface area contributed by atoms with Crippen LogP contribution in [0.1, 0.15) is 11.5 Å². The molecule has 2 aromatic heterocycles. The molecule has 0 aliphatic carbocycles. The minimum absolute atomic E-state index is 0.411. The van der Waals surface area contributed by atoms with Gasteiger partial charge in [0.15, 0.2) is 0 Å². The van der Waals surface area contributed by atoms with E-state index in [-0.39, 0.29) is 0 Å². The van der Waals surface area contributed by atoms with Crippen molar-refractivity contribution in [3.63, 3.8) is 0 Å². The highest BCUT2D eigenvalue weighted by Gasteiger charge is 2.10. The molecule has 0 aliphatic heterocycles. The number of hydrogen-bond acceptors (Lipinski definition) is 2. The zero-order valence-electron chi connectivity index (χ0n) is 11.1. The lowest BCUT2D eigenvalue weighted by molar-refractivity contribution is 0.660. The van der Waals surface area contributed by atoms with Crippen LogP contribution in [0.2, 0.25) is 0 Å². The van der Waals surface area contributed by atoms with Crippen LogP contribution >= 0.6 is 27.5 Å². The van der Waals surface area contributed by atoms with Gasteiger partial charge in [0, 0.05) is 30.7 Å². The van der Waals surface area contributed by atoms with Gasteiger partial charge in [0.1, 0.15) is 5.82 Å². The Bertz CT molecular complexity index is 747. The van der Waals surface area contributed by atoms with Crippen LogP contribution < -0.4 is 0 Å². The van der Waals surface area contributed by atoms with Crippen molar-refractivity contribution in [1.29, 1.82) is 0 Å². The van der Waals surface area contributed by atoms with Gasteiger partial charge in [-0.3, -0.25) is 4.68 Å². The summed E-state index contributed by atoms with van der Waals surface area (Å²) in [5.74, 6) is 1.31. The molecule has 0 fully saturated rings. The van der Waals surface area contributed by atoms with Crippen molar-refractivity contribution in [3.05, 3.63) is 46.5 Å². The number of benzene rings is 1. The van der Waals surface area contributed by atoms with E-state index in [1.54, 1.807) is 0 Å². The fourth-order valence-corrected chi connectivity index (χ4v) is 2.88. The first kappa shape index (κ1) is 13.6. The van der Waals surface area contributed by atoms with Crippen molar-refractivity contribution in [2.75, 3.05) is 0 Å². The van der Waals surface area contributed by atoms with E-state index in [2.05, 4.69) is 36.6 Å². The van der Waals surface area contributed by atoms with Crippen molar-refractivity contribution in [3.8, 4) is 0 Å². The molecule has 0 spiro atoms. The summed E-state index contributed by atoms with van der Waals surface area (Å²) in [5.41, 5.74) is 3.16. The molecule has 0 bridgehead atoms. The van der Waals surface area contributed by atoms with E-state index < -0.39 is 0 Å². The Labute approximate surface area is 130 Å². The molecule has 104 valence electrons. The van der Waals surface area contributed by atoms with Crippen LogP contribution in [-0.2, 0) is 25.9 Å². The highest BCUT2D eigenvalue weighted by Crippen LogP contribution is 2.22. The number of hydrogen-bond donors (Lipinski definition) is 0. The number of nitrogens with zero attached hydrogens (tertiary/aromatic N) is 4. The van der Waals surface area contributed by atoms with Gasteiger partial charge in [-0.05, 0) is 24.3 Å². The molecular weight excluding hydrogens is 340 g/mol. The minimum atomic E-state index is 0.411. The standard InChI is InChI=1S/C14H14BrClN4/c1-19-6-4-11(18-19)5-7-20-13-3-2-10(15)8-12(13)17-14(20)9-16/h2-4,6,8H,5,7,9H2,1H3. The Balaban J connectivity index is 1.93. The topological polar surface area (TPSA) is 35.6 Å². The lowest BCUT2D eigenvalue weighted by Crippen LogP contribution is -2.05. The van der Waals surface area contributed by atoms with Crippen LogP contribution in [0.3, 0.4) is 0 Å². The normalized spacial score (nSPS) is 11.3. The second-order valence-electron chi connectivity index (χ2n) is 4.68. The zero-order valence-corrected chi connectivity index (χ0v) is 13.4. The summed E-state index contributed by atoms with van der Waals surface area (Å²) in [6.45, 7) is 0.831. The van der Waals surface area contributed by atoms with Gasteiger partial charge in [0.05, 0.1) is 22.6 Å². The van der Waals surface area contributed by atoms with Crippen LogP contribution in [0.15, 0.2) is 34.9 Å². The highest BCUT2D eigenvalue weighted by molar-refractivity contribution is 9.10. The lowest BCUT2D eigenvalue weighted by atomic mass is 10.3.